The molecule has 0 spiro atoms. The summed E-state index contributed by atoms with van der Waals surface area (Å²) in [6.45, 7) is 6.32. The molecule has 0 atom stereocenters. The molecule has 0 aliphatic heterocycles. The number of hydrogen-bond donors (Lipinski definition) is 0. The minimum atomic E-state index is 1.02. The molecular weight excluding hydrogens is 191 g/mol. The third-order valence-corrected chi connectivity index (χ3v) is 3.62. The van der Waals surface area contributed by atoms with E-state index < -0.39 is 0 Å². The maximum atomic E-state index is 6.09. The van der Waals surface area contributed by atoms with Gasteiger partial charge in [0.1, 0.15) is 7.85 Å². The van der Waals surface area contributed by atoms with Gasteiger partial charge in [0.05, 0.1) is 0 Å². The Morgan fingerprint density at radius 1 is 1.38 bits per heavy atom. The van der Waals surface area contributed by atoms with Crippen LogP contribution in [0.4, 0.5) is 0 Å². The summed E-state index contributed by atoms with van der Waals surface area (Å²) in [5.41, 5.74) is 6.60. The molecule has 2 aliphatic rings. The summed E-state index contributed by atoms with van der Waals surface area (Å²) >= 11 is 0. The van der Waals surface area contributed by atoms with E-state index in [1.807, 2.05) is 0 Å². The average Bonchev–Trinajstić information content (AvgIpc) is 2.50. The average molecular weight is 210 g/mol. The van der Waals surface area contributed by atoms with Gasteiger partial charge in [-0.05, 0) is 49.7 Å². The molecule has 0 heterocycles. The van der Waals surface area contributed by atoms with Crippen LogP contribution in [0.25, 0.3) is 0 Å². The monoisotopic (exact) mass is 210 g/mol. The third kappa shape index (κ3) is 2.24. The van der Waals surface area contributed by atoms with E-state index in [1.165, 1.54) is 35.1 Å². The second kappa shape index (κ2) is 4.90. The van der Waals surface area contributed by atoms with E-state index in [2.05, 4.69) is 25.7 Å². The molecule has 82 valence electrons. The Balaban J connectivity index is 2.31. The van der Waals surface area contributed by atoms with Gasteiger partial charge in [-0.15, -0.1) is 0 Å². The Bertz CT molecular complexity index is 394. The maximum Gasteiger partial charge on any atom is 0.113 e. The van der Waals surface area contributed by atoms with Crippen molar-refractivity contribution in [3.8, 4) is 0 Å². The molecule has 0 saturated heterocycles. The first-order valence-electron chi connectivity index (χ1n) is 6.29. The number of allylic oxidation sites excluding steroid dienone is 7. The van der Waals surface area contributed by atoms with Crippen molar-refractivity contribution in [1.29, 1.82) is 0 Å². The van der Waals surface area contributed by atoms with E-state index in [0.29, 0.717) is 0 Å². The van der Waals surface area contributed by atoms with Crippen LogP contribution in [-0.2, 0) is 0 Å². The van der Waals surface area contributed by atoms with Gasteiger partial charge in [0.15, 0.2) is 0 Å². The molecule has 0 unspecified atom stereocenters. The standard InChI is InChI=1S/C15H19B/c1-3-11(2)12-8-9-14-13(10-12)6-4-5-7-15(14)16/h7,10H,2-6,8-9H2,1H3. The highest BCUT2D eigenvalue weighted by Crippen LogP contribution is 2.35. The van der Waals surface area contributed by atoms with Gasteiger partial charge in [0.25, 0.3) is 0 Å². The molecule has 2 radical (unpaired) electrons. The van der Waals surface area contributed by atoms with E-state index in [4.69, 9.17) is 7.85 Å². The lowest BCUT2D eigenvalue weighted by atomic mass is 9.78. The van der Waals surface area contributed by atoms with E-state index >= 15 is 0 Å². The predicted molar refractivity (Wildman–Crippen MR) is 71.5 cm³/mol. The Morgan fingerprint density at radius 2 is 2.19 bits per heavy atom. The lowest BCUT2D eigenvalue weighted by molar-refractivity contribution is 0.824. The molecule has 0 bridgehead atoms. The molecule has 0 fully saturated rings. The molecule has 2 aliphatic carbocycles. The highest BCUT2D eigenvalue weighted by atomic mass is 14.2. The lowest BCUT2D eigenvalue weighted by Crippen LogP contribution is -2.02. The first-order valence-corrected chi connectivity index (χ1v) is 6.29. The van der Waals surface area contributed by atoms with Crippen LogP contribution >= 0.6 is 0 Å². The molecule has 0 nitrogen and oxygen atoms in total. The summed E-state index contributed by atoms with van der Waals surface area (Å²) in [6, 6.07) is 0. The molecule has 2 rings (SSSR count). The summed E-state index contributed by atoms with van der Waals surface area (Å²) in [7, 11) is 6.09. The van der Waals surface area contributed by atoms with Crippen molar-refractivity contribution in [2.45, 2.75) is 45.4 Å². The summed E-state index contributed by atoms with van der Waals surface area (Å²) in [6.07, 6.45) is 11.3. The Morgan fingerprint density at radius 3 is 2.94 bits per heavy atom. The minimum Gasteiger partial charge on any atom is -0.0972 e. The van der Waals surface area contributed by atoms with Gasteiger partial charge < -0.3 is 0 Å². The van der Waals surface area contributed by atoms with Crippen LogP contribution in [0.15, 0.2) is 46.5 Å². The Hall–Kier alpha value is -0.975. The molecule has 0 saturated carbocycles. The van der Waals surface area contributed by atoms with Crippen molar-refractivity contribution in [2.24, 2.45) is 0 Å². The fraction of sp³-hybridized carbons (Fsp3) is 0.467. The van der Waals surface area contributed by atoms with E-state index in [-0.39, 0.29) is 0 Å². The molecular formula is C15H19B. The predicted octanol–water partition coefficient (Wildman–Crippen LogP) is 4.21. The molecule has 0 aromatic carbocycles. The van der Waals surface area contributed by atoms with Crippen molar-refractivity contribution in [1.82, 2.24) is 0 Å². The molecule has 16 heavy (non-hydrogen) atoms. The van der Waals surface area contributed by atoms with E-state index in [1.54, 1.807) is 0 Å². The van der Waals surface area contributed by atoms with Crippen molar-refractivity contribution >= 4 is 7.85 Å². The quantitative estimate of drug-likeness (QED) is 0.599. The van der Waals surface area contributed by atoms with Crippen LogP contribution in [0.2, 0.25) is 0 Å². The van der Waals surface area contributed by atoms with Crippen LogP contribution in [0, 0.1) is 0 Å². The zero-order valence-corrected chi connectivity index (χ0v) is 10.2. The second-order valence-electron chi connectivity index (χ2n) is 4.68. The maximum absolute atomic E-state index is 6.09. The molecule has 1 heteroatoms. The SMILES string of the molecule is [B]C1=CCCCC2=C1CCC(C(=C)CC)=C2. The number of rotatable bonds is 2. The largest absolute Gasteiger partial charge is 0.113 e. The van der Waals surface area contributed by atoms with Crippen molar-refractivity contribution in [3.63, 3.8) is 0 Å². The van der Waals surface area contributed by atoms with Gasteiger partial charge in [-0.1, -0.05) is 42.3 Å². The fourth-order valence-electron chi connectivity index (χ4n) is 2.52. The summed E-state index contributed by atoms with van der Waals surface area (Å²) in [4.78, 5) is 0. The molecule has 0 N–H and O–H groups in total. The first kappa shape index (κ1) is 11.5. The fourth-order valence-corrected chi connectivity index (χ4v) is 2.52. The van der Waals surface area contributed by atoms with Gasteiger partial charge in [0.2, 0.25) is 0 Å². The highest BCUT2D eigenvalue weighted by Gasteiger charge is 2.16. The molecule has 0 aromatic heterocycles. The van der Waals surface area contributed by atoms with Crippen molar-refractivity contribution < 1.29 is 0 Å². The molecule has 0 aromatic rings. The van der Waals surface area contributed by atoms with Gasteiger partial charge in [-0.3, -0.25) is 0 Å². The van der Waals surface area contributed by atoms with Crippen LogP contribution in [-0.4, -0.2) is 7.85 Å². The normalized spacial score (nSPS) is 20.8. The van der Waals surface area contributed by atoms with Crippen molar-refractivity contribution in [2.75, 3.05) is 0 Å². The Labute approximate surface area is 100 Å². The third-order valence-electron chi connectivity index (χ3n) is 3.62. The van der Waals surface area contributed by atoms with Crippen molar-refractivity contribution in [3.05, 3.63) is 46.5 Å². The topological polar surface area (TPSA) is 0 Å². The van der Waals surface area contributed by atoms with Gasteiger partial charge >= 0.3 is 0 Å². The Kier molecular flexibility index (Phi) is 3.53. The zero-order chi connectivity index (χ0) is 11.5. The second-order valence-corrected chi connectivity index (χ2v) is 4.68. The summed E-state index contributed by atoms with van der Waals surface area (Å²) < 4.78 is 0. The smallest absolute Gasteiger partial charge is 0.0972 e. The summed E-state index contributed by atoms with van der Waals surface area (Å²) in [5, 5.41) is 0. The first-order chi connectivity index (χ1) is 7.72. The van der Waals surface area contributed by atoms with Gasteiger partial charge in [0, 0.05) is 0 Å². The van der Waals surface area contributed by atoms with Crippen LogP contribution in [0.1, 0.15) is 45.4 Å². The van der Waals surface area contributed by atoms with Crippen LogP contribution in [0.3, 0.4) is 0 Å². The van der Waals surface area contributed by atoms with Crippen LogP contribution < -0.4 is 0 Å². The van der Waals surface area contributed by atoms with Gasteiger partial charge in [-0.25, -0.2) is 0 Å². The minimum absolute atomic E-state index is 1.02. The van der Waals surface area contributed by atoms with Gasteiger partial charge in [-0.2, -0.15) is 0 Å². The lowest BCUT2D eigenvalue weighted by Gasteiger charge is -2.21. The highest BCUT2D eigenvalue weighted by molar-refractivity contribution is 6.24. The summed E-state index contributed by atoms with van der Waals surface area (Å²) in [5.74, 6) is 0. The zero-order valence-electron chi connectivity index (χ0n) is 10.2. The molecule has 0 amide bonds. The van der Waals surface area contributed by atoms with E-state index in [0.717, 1.165) is 31.2 Å². The van der Waals surface area contributed by atoms with E-state index in [9.17, 15) is 0 Å². The number of hydrogen-bond acceptors (Lipinski definition) is 0. The van der Waals surface area contributed by atoms with Crippen LogP contribution in [0.5, 0.6) is 0 Å².